The largest absolute Gasteiger partial charge is 0.541 e. The van der Waals surface area contributed by atoms with Crippen molar-refractivity contribution < 1.29 is 27.1 Å². The van der Waals surface area contributed by atoms with Crippen molar-refractivity contribution >= 4 is 14.1 Å². The molecule has 2 aromatic rings. The molecular weight excluding hydrogens is 409 g/mol. The fraction of sp³-hybridized carbons (Fsp3) is 0.348. The predicted octanol–water partition coefficient (Wildman–Crippen LogP) is 6.33. The van der Waals surface area contributed by atoms with Gasteiger partial charge in [-0.2, -0.15) is 13.2 Å². The summed E-state index contributed by atoms with van der Waals surface area (Å²) in [5, 5.41) is 0.0184. The fourth-order valence-electron chi connectivity index (χ4n) is 2.27. The number of ketones is 1. The van der Waals surface area contributed by atoms with Crippen LogP contribution in [0.3, 0.4) is 0 Å². The second kappa shape index (κ2) is 8.56. The number of carbonyl (C=O) groups excluding carboxylic acids is 1. The summed E-state index contributed by atoms with van der Waals surface area (Å²) >= 11 is 0. The van der Waals surface area contributed by atoms with Gasteiger partial charge in [0.25, 0.3) is 8.32 Å². The predicted molar refractivity (Wildman–Crippen MR) is 113 cm³/mol. The van der Waals surface area contributed by atoms with Crippen LogP contribution in [-0.2, 0) is 6.18 Å². The summed E-state index contributed by atoms with van der Waals surface area (Å²) in [6.07, 6.45) is -4.45. The van der Waals surface area contributed by atoms with Crippen molar-refractivity contribution in [2.45, 2.75) is 45.1 Å². The molecule has 160 valence electrons. The number of hydrogen-bond acceptors (Lipinski definition) is 3. The Morgan fingerprint density at radius 1 is 0.967 bits per heavy atom. The normalized spacial score (nSPS) is 12.0. The number of carbonyl (C=O) groups is 1. The molecule has 0 saturated carbocycles. The maximum atomic E-state index is 12.6. The second-order valence-electron chi connectivity index (χ2n) is 8.38. The third-order valence-electron chi connectivity index (χ3n) is 5.13. The Morgan fingerprint density at radius 3 is 2.07 bits per heavy atom. The molecule has 0 bridgehead atoms. The molecule has 0 amide bonds. The van der Waals surface area contributed by atoms with Gasteiger partial charge in [0.2, 0.25) is 5.78 Å². The summed E-state index contributed by atoms with van der Waals surface area (Å²) in [4.78, 5) is 12.2. The molecule has 0 unspecified atom stereocenters. The zero-order valence-corrected chi connectivity index (χ0v) is 18.9. The second-order valence-corrected chi connectivity index (χ2v) is 13.1. The van der Waals surface area contributed by atoms with E-state index in [-0.39, 0.29) is 10.6 Å². The Balaban J connectivity index is 2.22. The zero-order valence-electron chi connectivity index (χ0n) is 17.9. The number of alkyl halides is 3. The van der Waals surface area contributed by atoms with Crippen molar-refractivity contribution in [3.63, 3.8) is 0 Å². The van der Waals surface area contributed by atoms with Crippen molar-refractivity contribution in [2.75, 3.05) is 7.11 Å². The summed E-state index contributed by atoms with van der Waals surface area (Å²) in [6, 6.07) is 9.13. The van der Waals surface area contributed by atoms with Crippen molar-refractivity contribution in [3.8, 4) is 23.3 Å². The summed E-state index contributed by atoms with van der Waals surface area (Å²) in [5.74, 6) is 5.75. The van der Waals surface area contributed by atoms with Crippen molar-refractivity contribution in [1.29, 1.82) is 0 Å². The molecule has 0 atom stereocenters. The van der Waals surface area contributed by atoms with Crippen LogP contribution in [0, 0.1) is 11.8 Å². The van der Waals surface area contributed by atoms with E-state index in [1.165, 1.54) is 7.11 Å². The van der Waals surface area contributed by atoms with Crippen LogP contribution in [0.4, 0.5) is 13.2 Å². The molecule has 0 aromatic heterocycles. The molecule has 0 radical (unpaired) electrons. The summed E-state index contributed by atoms with van der Waals surface area (Å²) < 4.78 is 49.6. The Labute approximate surface area is 176 Å². The van der Waals surface area contributed by atoms with E-state index >= 15 is 0 Å². The number of hydrogen-bond donors (Lipinski definition) is 0. The molecule has 7 heteroatoms. The minimum absolute atomic E-state index is 0.0184. The summed E-state index contributed by atoms with van der Waals surface area (Å²) in [7, 11) is -0.533. The molecule has 0 aliphatic rings. The van der Waals surface area contributed by atoms with Gasteiger partial charge in [0.1, 0.15) is 5.75 Å². The lowest BCUT2D eigenvalue weighted by Gasteiger charge is -2.36. The molecule has 0 heterocycles. The van der Waals surface area contributed by atoms with E-state index in [1.54, 1.807) is 18.2 Å². The lowest BCUT2D eigenvalue weighted by molar-refractivity contribution is -0.137. The molecule has 0 spiro atoms. The maximum Gasteiger partial charge on any atom is 0.416 e. The van der Waals surface area contributed by atoms with Crippen molar-refractivity contribution in [2.24, 2.45) is 0 Å². The van der Waals surface area contributed by atoms with E-state index in [0.717, 1.165) is 24.3 Å². The van der Waals surface area contributed by atoms with E-state index < -0.39 is 25.8 Å². The van der Waals surface area contributed by atoms with Gasteiger partial charge in [-0.25, -0.2) is 0 Å². The smallest absolute Gasteiger partial charge is 0.416 e. The van der Waals surface area contributed by atoms with Gasteiger partial charge in [-0.1, -0.05) is 26.7 Å². The van der Waals surface area contributed by atoms with E-state index in [4.69, 9.17) is 9.16 Å². The molecule has 3 nitrogen and oxygen atoms in total. The molecule has 0 aliphatic heterocycles. The van der Waals surface area contributed by atoms with Gasteiger partial charge in [0, 0.05) is 11.1 Å². The molecule has 0 saturated heterocycles. The molecule has 0 aliphatic carbocycles. The topological polar surface area (TPSA) is 35.5 Å². The minimum atomic E-state index is -4.45. The summed E-state index contributed by atoms with van der Waals surface area (Å²) in [6.45, 7) is 10.7. The standard InChI is InChI=1S/C23H25F3O3Si/c1-22(2,3)30(5,6)29-20-14-8-16(15-21(20)28-4)7-13-19(27)17-9-11-18(12-10-17)23(24,25)26/h8-12,14-15H,1-6H3. The highest BCUT2D eigenvalue weighted by Gasteiger charge is 2.39. The third-order valence-corrected chi connectivity index (χ3v) is 9.47. The van der Waals surface area contributed by atoms with Crippen LogP contribution in [0.5, 0.6) is 11.5 Å². The third kappa shape index (κ3) is 5.67. The Morgan fingerprint density at radius 2 is 1.57 bits per heavy atom. The van der Waals surface area contributed by atoms with Gasteiger partial charge in [-0.15, -0.1) is 0 Å². The number of benzene rings is 2. The zero-order chi connectivity index (χ0) is 22.7. The van der Waals surface area contributed by atoms with Gasteiger partial charge >= 0.3 is 6.18 Å². The van der Waals surface area contributed by atoms with Crippen LogP contribution < -0.4 is 9.16 Å². The number of rotatable bonds is 4. The molecular formula is C23H25F3O3Si. The van der Waals surface area contributed by atoms with Crippen LogP contribution in [-0.4, -0.2) is 21.2 Å². The molecule has 30 heavy (non-hydrogen) atoms. The first-order valence-corrected chi connectivity index (χ1v) is 12.3. The molecule has 0 fully saturated rings. The first kappa shape index (κ1) is 23.6. The first-order valence-electron chi connectivity index (χ1n) is 9.35. The highest BCUT2D eigenvalue weighted by atomic mass is 28.4. The van der Waals surface area contributed by atoms with Gasteiger partial charge in [-0.3, -0.25) is 4.79 Å². The van der Waals surface area contributed by atoms with E-state index in [9.17, 15) is 18.0 Å². The highest BCUT2D eigenvalue weighted by Crippen LogP contribution is 2.40. The number of methoxy groups -OCH3 is 1. The van der Waals surface area contributed by atoms with Crippen LogP contribution >= 0.6 is 0 Å². The van der Waals surface area contributed by atoms with Crippen molar-refractivity contribution in [1.82, 2.24) is 0 Å². The van der Waals surface area contributed by atoms with E-state index in [1.807, 2.05) is 0 Å². The number of ether oxygens (including phenoxy) is 1. The SMILES string of the molecule is COc1cc(C#CC(=O)c2ccc(C(F)(F)F)cc2)ccc1O[Si](C)(C)C(C)(C)C. The van der Waals surface area contributed by atoms with Crippen LogP contribution in [0.25, 0.3) is 0 Å². The van der Waals surface area contributed by atoms with Gasteiger partial charge < -0.3 is 9.16 Å². The van der Waals surface area contributed by atoms with Crippen molar-refractivity contribution in [3.05, 3.63) is 59.2 Å². The lowest BCUT2D eigenvalue weighted by Crippen LogP contribution is -2.43. The Hall–Kier alpha value is -2.72. The first-order chi connectivity index (χ1) is 13.7. The monoisotopic (exact) mass is 434 g/mol. The maximum absolute atomic E-state index is 12.6. The van der Waals surface area contributed by atoms with E-state index in [2.05, 4.69) is 45.7 Å². The number of Topliss-reactive ketones (excluding diaryl/α,β-unsaturated/α-hetero) is 1. The Kier molecular flexibility index (Phi) is 6.72. The fourth-order valence-corrected chi connectivity index (χ4v) is 3.29. The van der Waals surface area contributed by atoms with Crippen LogP contribution in [0.1, 0.15) is 42.3 Å². The summed E-state index contributed by atoms with van der Waals surface area (Å²) in [5.41, 5.74) is -0.177. The molecule has 2 aromatic carbocycles. The van der Waals surface area contributed by atoms with Crippen LogP contribution in [0.2, 0.25) is 18.1 Å². The lowest BCUT2D eigenvalue weighted by atomic mass is 10.1. The van der Waals surface area contributed by atoms with E-state index in [0.29, 0.717) is 17.1 Å². The average Bonchev–Trinajstić information content (AvgIpc) is 2.65. The molecule has 0 N–H and O–H groups in total. The molecule has 2 rings (SSSR count). The quantitative estimate of drug-likeness (QED) is 0.320. The Bertz CT molecular complexity index is 976. The van der Waals surface area contributed by atoms with Gasteiger partial charge in [0.05, 0.1) is 12.7 Å². The van der Waals surface area contributed by atoms with Gasteiger partial charge in [-0.05, 0) is 66.5 Å². The number of halogens is 3. The van der Waals surface area contributed by atoms with Crippen LogP contribution in [0.15, 0.2) is 42.5 Å². The minimum Gasteiger partial charge on any atom is -0.541 e. The van der Waals surface area contributed by atoms with Gasteiger partial charge in [0.15, 0.2) is 5.75 Å². The average molecular weight is 435 g/mol. The highest BCUT2D eigenvalue weighted by molar-refractivity contribution is 6.74.